The number of nitrogens with zero attached hydrogens (tertiary/aromatic N) is 3. The van der Waals surface area contributed by atoms with Crippen LogP contribution < -0.4 is 19.9 Å². The molecule has 0 atom stereocenters. The zero-order chi connectivity index (χ0) is 20.9. The molecule has 0 unspecified atom stereocenters. The van der Waals surface area contributed by atoms with E-state index >= 15 is 0 Å². The molecule has 2 fully saturated rings. The molecule has 158 valence electrons. The summed E-state index contributed by atoms with van der Waals surface area (Å²) in [7, 11) is 2.14. The van der Waals surface area contributed by atoms with Crippen molar-refractivity contribution < 1.29 is 14.3 Å². The first-order valence-corrected chi connectivity index (χ1v) is 10.5. The van der Waals surface area contributed by atoms with E-state index in [4.69, 9.17) is 4.74 Å². The highest BCUT2D eigenvalue weighted by Crippen LogP contribution is 2.24. The van der Waals surface area contributed by atoms with Crippen molar-refractivity contribution in [2.75, 3.05) is 61.5 Å². The van der Waals surface area contributed by atoms with Crippen LogP contribution >= 0.6 is 0 Å². The first-order chi connectivity index (χ1) is 14.6. The first kappa shape index (κ1) is 20.2. The van der Waals surface area contributed by atoms with Gasteiger partial charge in [0.05, 0.1) is 0 Å². The number of piperazine rings is 1. The van der Waals surface area contributed by atoms with Crippen molar-refractivity contribution in [2.24, 2.45) is 0 Å². The largest absolute Gasteiger partial charge is 0.484 e. The Labute approximate surface area is 177 Å². The molecule has 0 aromatic heterocycles. The number of carbonyl (C=O) groups excluding carboxylic acids is 2. The minimum atomic E-state index is -0.207. The van der Waals surface area contributed by atoms with Gasteiger partial charge in [-0.25, -0.2) is 0 Å². The molecule has 7 heteroatoms. The highest BCUT2D eigenvalue weighted by atomic mass is 16.5. The Morgan fingerprint density at radius 3 is 2.23 bits per heavy atom. The summed E-state index contributed by atoms with van der Waals surface area (Å²) in [4.78, 5) is 30.5. The van der Waals surface area contributed by atoms with Gasteiger partial charge in [0.1, 0.15) is 5.75 Å². The highest BCUT2D eigenvalue weighted by molar-refractivity contribution is 5.95. The molecule has 2 amide bonds. The number of carbonyl (C=O) groups is 2. The van der Waals surface area contributed by atoms with E-state index in [1.165, 1.54) is 5.69 Å². The molecule has 1 N–H and O–H groups in total. The Hall–Kier alpha value is -3.06. The van der Waals surface area contributed by atoms with E-state index in [2.05, 4.69) is 22.2 Å². The fourth-order valence-corrected chi connectivity index (χ4v) is 3.81. The van der Waals surface area contributed by atoms with Crippen LogP contribution in [0.25, 0.3) is 0 Å². The van der Waals surface area contributed by atoms with Crippen molar-refractivity contribution >= 4 is 28.9 Å². The Morgan fingerprint density at radius 1 is 0.933 bits per heavy atom. The molecule has 2 aromatic carbocycles. The summed E-state index contributed by atoms with van der Waals surface area (Å²) in [5.41, 5.74) is 2.80. The summed E-state index contributed by atoms with van der Waals surface area (Å²) in [5.74, 6) is 0.550. The van der Waals surface area contributed by atoms with E-state index in [0.717, 1.165) is 50.5 Å². The van der Waals surface area contributed by atoms with E-state index in [1.54, 1.807) is 17.0 Å². The first-order valence-electron chi connectivity index (χ1n) is 10.5. The second-order valence-electron chi connectivity index (χ2n) is 7.82. The Morgan fingerprint density at radius 2 is 1.60 bits per heavy atom. The molecule has 0 bridgehead atoms. The van der Waals surface area contributed by atoms with E-state index in [0.29, 0.717) is 12.2 Å². The van der Waals surface area contributed by atoms with Crippen LogP contribution in [0.2, 0.25) is 0 Å². The SMILES string of the molecule is CN1CCN(c2ccc(NC(=O)COc3ccc(N4CCCC4=O)cc3)cc2)CC1. The average molecular weight is 409 g/mol. The molecule has 2 aromatic rings. The zero-order valence-corrected chi connectivity index (χ0v) is 17.3. The summed E-state index contributed by atoms with van der Waals surface area (Å²) in [6.45, 7) is 4.84. The summed E-state index contributed by atoms with van der Waals surface area (Å²) >= 11 is 0. The van der Waals surface area contributed by atoms with E-state index < -0.39 is 0 Å². The summed E-state index contributed by atoms with van der Waals surface area (Å²) in [6, 6.07) is 15.2. The fraction of sp³-hybridized carbons (Fsp3) is 0.391. The molecule has 2 aliphatic rings. The summed E-state index contributed by atoms with van der Waals surface area (Å²) in [5, 5.41) is 2.87. The minimum Gasteiger partial charge on any atom is -0.484 e. The van der Waals surface area contributed by atoms with Crippen molar-refractivity contribution in [1.29, 1.82) is 0 Å². The molecule has 2 aliphatic heterocycles. The molecule has 0 aliphatic carbocycles. The van der Waals surface area contributed by atoms with E-state index in [1.807, 2.05) is 36.4 Å². The van der Waals surface area contributed by atoms with Gasteiger partial charge in [0.15, 0.2) is 6.61 Å². The molecular formula is C23H28N4O3. The van der Waals surface area contributed by atoms with Gasteiger partial charge in [0, 0.05) is 56.2 Å². The third-order valence-corrected chi connectivity index (χ3v) is 5.61. The number of benzene rings is 2. The van der Waals surface area contributed by atoms with E-state index in [-0.39, 0.29) is 18.4 Å². The number of likely N-dealkylation sites (N-methyl/N-ethyl adjacent to an activating group) is 1. The molecule has 2 heterocycles. The number of rotatable bonds is 6. The van der Waals surface area contributed by atoms with Gasteiger partial charge in [0.2, 0.25) is 5.91 Å². The van der Waals surface area contributed by atoms with Gasteiger partial charge < -0.3 is 24.8 Å². The molecule has 2 saturated heterocycles. The molecule has 30 heavy (non-hydrogen) atoms. The van der Waals surface area contributed by atoms with Crippen LogP contribution in [0.15, 0.2) is 48.5 Å². The number of hydrogen-bond acceptors (Lipinski definition) is 5. The van der Waals surface area contributed by atoms with Crippen LogP contribution in [0.4, 0.5) is 17.1 Å². The van der Waals surface area contributed by atoms with Gasteiger partial charge in [0.25, 0.3) is 5.91 Å². The van der Waals surface area contributed by atoms with Crippen molar-refractivity contribution in [2.45, 2.75) is 12.8 Å². The highest BCUT2D eigenvalue weighted by Gasteiger charge is 2.21. The third kappa shape index (κ3) is 4.91. The Balaban J connectivity index is 1.25. The lowest BCUT2D eigenvalue weighted by molar-refractivity contribution is -0.118. The predicted molar refractivity (Wildman–Crippen MR) is 118 cm³/mol. The van der Waals surface area contributed by atoms with Gasteiger partial charge in [-0.05, 0) is 62.0 Å². The standard InChI is InChI=1S/C23H28N4O3/c1-25-13-15-26(16-14-25)19-6-4-18(5-7-19)24-22(28)17-30-21-10-8-20(9-11-21)27-12-2-3-23(27)29/h4-11H,2-3,12-17H2,1H3,(H,24,28). The summed E-state index contributed by atoms with van der Waals surface area (Å²) in [6.07, 6.45) is 1.50. The fourth-order valence-electron chi connectivity index (χ4n) is 3.81. The summed E-state index contributed by atoms with van der Waals surface area (Å²) < 4.78 is 5.59. The number of amides is 2. The predicted octanol–water partition coefficient (Wildman–Crippen LogP) is 2.58. The molecule has 0 saturated carbocycles. The quantitative estimate of drug-likeness (QED) is 0.796. The van der Waals surface area contributed by atoms with Crippen LogP contribution in [-0.4, -0.2) is 63.1 Å². The van der Waals surface area contributed by atoms with Crippen molar-refractivity contribution in [3.05, 3.63) is 48.5 Å². The zero-order valence-electron chi connectivity index (χ0n) is 17.3. The molecule has 0 spiro atoms. The maximum atomic E-state index is 12.2. The Kier molecular flexibility index (Phi) is 6.18. The van der Waals surface area contributed by atoms with Crippen LogP contribution in [0.1, 0.15) is 12.8 Å². The second-order valence-corrected chi connectivity index (χ2v) is 7.82. The number of ether oxygens (including phenoxy) is 1. The van der Waals surface area contributed by atoms with Gasteiger partial charge >= 0.3 is 0 Å². The van der Waals surface area contributed by atoms with E-state index in [9.17, 15) is 9.59 Å². The topological polar surface area (TPSA) is 65.1 Å². The smallest absolute Gasteiger partial charge is 0.262 e. The van der Waals surface area contributed by atoms with Crippen LogP contribution in [0.3, 0.4) is 0 Å². The van der Waals surface area contributed by atoms with Crippen molar-refractivity contribution in [3.8, 4) is 5.75 Å². The second kappa shape index (κ2) is 9.17. The van der Waals surface area contributed by atoms with Crippen LogP contribution in [0, 0.1) is 0 Å². The van der Waals surface area contributed by atoms with Gasteiger partial charge in [-0.3, -0.25) is 9.59 Å². The Bertz CT molecular complexity index is 874. The van der Waals surface area contributed by atoms with Gasteiger partial charge in [-0.1, -0.05) is 0 Å². The lowest BCUT2D eigenvalue weighted by atomic mass is 10.2. The number of anilines is 3. The van der Waals surface area contributed by atoms with Crippen molar-refractivity contribution in [1.82, 2.24) is 4.90 Å². The minimum absolute atomic E-state index is 0.0673. The van der Waals surface area contributed by atoms with Crippen LogP contribution in [-0.2, 0) is 9.59 Å². The van der Waals surface area contributed by atoms with Gasteiger partial charge in [-0.15, -0.1) is 0 Å². The maximum absolute atomic E-state index is 12.2. The average Bonchev–Trinajstić information content (AvgIpc) is 3.20. The molecule has 7 nitrogen and oxygen atoms in total. The lowest BCUT2D eigenvalue weighted by Crippen LogP contribution is -2.44. The maximum Gasteiger partial charge on any atom is 0.262 e. The molecule has 4 rings (SSSR count). The van der Waals surface area contributed by atoms with Gasteiger partial charge in [-0.2, -0.15) is 0 Å². The van der Waals surface area contributed by atoms with Crippen molar-refractivity contribution in [3.63, 3.8) is 0 Å². The lowest BCUT2D eigenvalue weighted by Gasteiger charge is -2.34. The number of hydrogen-bond donors (Lipinski definition) is 1. The molecule has 0 radical (unpaired) electrons. The molecular weight excluding hydrogens is 380 g/mol. The number of nitrogens with one attached hydrogen (secondary N) is 1. The monoisotopic (exact) mass is 408 g/mol. The van der Waals surface area contributed by atoms with Crippen LogP contribution in [0.5, 0.6) is 5.75 Å². The normalized spacial score (nSPS) is 17.3. The third-order valence-electron chi connectivity index (χ3n) is 5.61.